The highest BCUT2D eigenvalue weighted by Crippen LogP contribution is 2.24. The second-order valence-corrected chi connectivity index (χ2v) is 5.07. The Balaban J connectivity index is 2.12. The number of amides is 1. The summed E-state index contributed by atoms with van der Waals surface area (Å²) in [6.07, 6.45) is 0. The molecule has 0 bridgehead atoms. The standard InChI is InChI=1S/C16H15F3N2O/c1-9(2)16(22)21-11-5-3-10(4-6-11)20-13-8-7-12(17)14(18)15(13)19/h3-9,20H,1-2H3,(H,21,22). The number of carbonyl (C=O) groups is 1. The molecule has 3 nitrogen and oxygen atoms in total. The zero-order valence-electron chi connectivity index (χ0n) is 12.1. The highest BCUT2D eigenvalue weighted by atomic mass is 19.2. The van der Waals surface area contributed by atoms with E-state index in [9.17, 15) is 18.0 Å². The van der Waals surface area contributed by atoms with Gasteiger partial charge in [-0.05, 0) is 36.4 Å². The highest BCUT2D eigenvalue weighted by molar-refractivity contribution is 5.92. The minimum atomic E-state index is -1.52. The van der Waals surface area contributed by atoms with Gasteiger partial charge in [-0.1, -0.05) is 13.8 Å². The Morgan fingerprint density at radius 1 is 0.909 bits per heavy atom. The molecule has 2 rings (SSSR count). The lowest BCUT2D eigenvalue weighted by atomic mass is 10.2. The largest absolute Gasteiger partial charge is 0.353 e. The Hall–Kier alpha value is -2.50. The van der Waals surface area contributed by atoms with Crippen LogP contribution in [0, 0.1) is 23.4 Å². The number of nitrogens with one attached hydrogen (secondary N) is 2. The van der Waals surface area contributed by atoms with E-state index >= 15 is 0 Å². The van der Waals surface area contributed by atoms with Crippen LogP contribution in [0.25, 0.3) is 0 Å². The number of halogens is 3. The number of hydrogen-bond donors (Lipinski definition) is 2. The van der Waals surface area contributed by atoms with Crippen molar-refractivity contribution in [2.75, 3.05) is 10.6 Å². The summed E-state index contributed by atoms with van der Waals surface area (Å²) in [4.78, 5) is 11.5. The molecule has 2 aromatic carbocycles. The maximum absolute atomic E-state index is 13.6. The highest BCUT2D eigenvalue weighted by Gasteiger charge is 2.13. The van der Waals surface area contributed by atoms with E-state index in [2.05, 4.69) is 10.6 Å². The Bertz CT molecular complexity index is 685. The van der Waals surface area contributed by atoms with Gasteiger partial charge in [0.1, 0.15) is 0 Å². The molecule has 0 spiro atoms. The van der Waals surface area contributed by atoms with Crippen LogP contribution < -0.4 is 10.6 Å². The van der Waals surface area contributed by atoms with Crippen molar-refractivity contribution in [3.8, 4) is 0 Å². The van der Waals surface area contributed by atoms with Crippen molar-refractivity contribution in [2.24, 2.45) is 5.92 Å². The summed E-state index contributed by atoms with van der Waals surface area (Å²) in [5.74, 6) is -4.31. The molecular weight excluding hydrogens is 293 g/mol. The number of benzene rings is 2. The smallest absolute Gasteiger partial charge is 0.226 e. The third-order valence-corrected chi connectivity index (χ3v) is 2.99. The lowest BCUT2D eigenvalue weighted by Gasteiger charge is -2.11. The summed E-state index contributed by atoms with van der Waals surface area (Å²) in [7, 11) is 0. The zero-order valence-corrected chi connectivity index (χ0v) is 12.1. The molecule has 2 N–H and O–H groups in total. The summed E-state index contributed by atoms with van der Waals surface area (Å²) in [5, 5.41) is 5.36. The van der Waals surface area contributed by atoms with Crippen molar-refractivity contribution in [2.45, 2.75) is 13.8 Å². The van der Waals surface area contributed by atoms with Crippen LogP contribution in [0.15, 0.2) is 36.4 Å². The van der Waals surface area contributed by atoms with E-state index in [1.54, 1.807) is 38.1 Å². The minimum Gasteiger partial charge on any atom is -0.353 e. The quantitative estimate of drug-likeness (QED) is 0.820. The summed E-state index contributed by atoms with van der Waals surface area (Å²) < 4.78 is 39.5. The Morgan fingerprint density at radius 2 is 1.50 bits per heavy atom. The van der Waals surface area contributed by atoms with Crippen molar-refractivity contribution in [1.29, 1.82) is 0 Å². The van der Waals surface area contributed by atoms with Crippen LogP contribution in [0.5, 0.6) is 0 Å². The third kappa shape index (κ3) is 3.58. The summed E-state index contributed by atoms with van der Waals surface area (Å²) in [5.41, 5.74) is 0.903. The fourth-order valence-corrected chi connectivity index (χ4v) is 1.70. The molecule has 0 fully saturated rings. The fraction of sp³-hybridized carbons (Fsp3) is 0.188. The number of anilines is 3. The van der Waals surface area contributed by atoms with E-state index in [1.165, 1.54) is 0 Å². The number of carbonyl (C=O) groups excluding carboxylic acids is 1. The van der Waals surface area contributed by atoms with Crippen LogP contribution in [0.3, 0.4) is 0 Å². The van der Waals surface area contributed by atoms with Crippen LogP contribution in [0.4, 0.5) is 30.2 Å². The summed E-state index contributed by atoms with van der Waals surface area (Å²) >= 11 is 0. The Labute approximate surface area is 126 Å². The molecule has 0 aromatic heterocycles. The molecule has 0 heterocycles. The molecule has 0 saturated carbocycles. The van der Waals surface area contributed by atoms with Crippen LogP contribution in [0.2, 0.25) is 0 Å². The lowest BCUT2D eigenvalue weighted by Crippen LogP contribution is -2.17. The topological polar surface area (TPSA) is 41.1 Å². The molecule has 0 radical (unpaired) electrons. The lowest BCUT2D eigenvalue weighted by molar-refractivity contribution is -0.118. The van der Waals surface area contributed by atoms with Gasteiger partial charge in [0.25, 0.3) is 0 Å². The SMILES string of the molecule is CC(C)C(=O)Nc1ccc(Nc2ccc(F)c(F)c2F)cc1. The molecule has 0 unspecified atom stereocenters. The second-order valence-electron chi connectivity index (χ2n) is 5.07. The summed E-state index contributed by atoms with van der Waals surface area (Å²) in [6, 6.07) is 8.40. The van der Waals surface area contributed by atoms with Crippen LogP contribution in [0.1, 0.15) is 13.8 Å². The van der Waals surface area contributed by atoms with Gasteiger partial charge in [0.15, 0.2) is 17.5 Å². The molecule has 0 aliphatic carbocycles. The van der Waals surface area contributed by atoms with E-state index in [-0.39, 0.29) is 17.5 Å². The van der Waals surface area contributed by atoms with Crippen LogP contribution >= 0.6 is 0 Å². The van der Waals surface area contributed by atoms with E-state index < -0.39 is 17.5 Å². The first kappa shape index (κ1) is 15.9. The van der Waals surface area contributed by atoms with E-state index in [0.29, 0.717) is 11.4 Å². The maximum atomic E-state index is 13.6. The van der Waals surface area contributed by atoms with Gasteiger partial charge < -0.3 is 10.6 Å². The molecule has 1 amide bonds. The molecule has 0 atom stereocenters. The molecule has 2 aromatic rings. The molecule has 0 aliphatic heterocycles. The molecule has 0 saturated heterocycles. The average Bonchev–Trinajstić information content (AvgIpc) is 2.49. The van der Waals surface area contributed by atoms with Crippen molar-refractivity contribution in [1.82, 2.24) is 0 Å². The monoisotopic (exact) mass is 308 g/mol. The van der Waals surface area contributed by atoms with E-state index in [1.807, 2.05) is 0 Å². The van der Waals surface area contributed by atoms with Crippen LogP contribution in [-0.2, 0) is 4.79 Å². The first-order chi connectivity index (χ1) is 10.4. The van der Waals surface area contributed by atoms with Crippen LogP contribution in [-0.4, -0.2) is 5.91 Å². The average molecular weight is 308 g/mol. The van der Waals surface area contributed by atoms with Crippen molar-refractivity contribution in [3.05, 3.63) is 53.8 Å². The third-order valence-electron chi connectivity index (χ3n) is 2.99. The predicted molar refractivity (Wildman–Crippen MR) is 79.5 cm³/mol. The first-order valence-electron chi connectivity index (χ1n) is 6.70. The molecular formula is C16H15F3N2O. The van der Waals surface area contributed by atoms with Crippen molar-refractivity contribution in [3.63, 3.8) is 0 Å². The summed E-state index contributed by atoms with van der Waals surface area (Å²) in [6.45, 7) is 3.55. The van der Waals surface area contributed by atoms with Crippen molar-refractivity contribution >= 4 is 23.0 Å². The molecule has 0 aliphatic rings. The Morgan fingerprint density at radius 3 is 2.09 bits per heavy atom. The first-order valence-corrected chi connectivity index (χ1v) is 6.70. The van der Waals surface area contributed by atoms with Gasteiger partial charge in [0.2, 0.25) is 5.91 Å². The van der Waals surface area contributed by atoms with Gasteiger partial charge in [0.05, 0.1) is 5.69 Å². The van der Waals surface area contributed by atoms with Gasteiger partial charge in [-0.15, -0.1) is 0 Å². The Kier molecular flexibility index (Phi) is 4.70. The second kappa shape index (κ2) is 6.51. The van der Waals surface area contributed by atoms with E-state index in [0.717, 1.165) is 12.1 Å². The van der Waals surface area contributed by atoms with Gasteiger partial charge in [-0.3, -0.25) is 4.79 Å². The normalized spacial score (nSPS) is 10.6. The molecule has 22 heavy (non-hydrogen) atoms. The molecule has 116 valence electrons. The fourth-order valence-electron chi connectivity index (χ4n) is 1.70. The van der Waals surface area contributed by atoms with Crippen molar-refractivity contribution < 1.29 is 18.0 Å². The number of hydrogen-bond acceptors (Lipinski definition) is 2. The zero-order chi connectivity index (χ0) is 16.3. The van der Waals surface area contributed by atoms with Gasteiger partial charge >= 0.3 is 0 Å². The maximum Gasteiger partial charge on any atom is 0.226 e. The van der Waals surface area contributed by atoms with Gasteiger partial charge in [0, 0.05) is 17.3 Å². The van der Waals surface area contributed by atoms with Gasteiger partial charge in [-0.25, -0.2) is 13.2 Å². The molecule has 6 heteroatoms. The van der Waals surface area contributed by atoms with E-state index in [4.69, 9.17) is 0 Å². The predicted octanol–water partition coefficient (Wildman–Crippen LogP) is 4.44. The van der Waals surface area contributed by atoms with Gasteiger partial charge in [-0.2, -0.15) is 0 Å². The number of rotatable bonds is 4. The minimum absolute atomic E-state index is 0.118.